The maximum Gasteiger partial charge on any atom is 0.0893 e. The molecule has 1 atom stereocenters. The molecule has 1 aromatic heterocycles. The third-order valence-corrected chi connectivity index (χ3v) is 2.46. The molecule has 0 bridgehead atoms. The second-order valence-electron chi connectivity index (χ2n) is 3.64. The van der Waals surface area contributed by atoms with Gasteiger partial charge in [0.25, 0.3) is 0 Å². The summed E-state index contributed by atoms with van der Waals surface area (Å²) in [4.78, 5) is 8.77. The van der Waals surface area contributed by atoms with Crippen LogP contribution in [0.3, 0.4) is 0 Å². The first kappa shape index (κ1) is 10.1. The number of hydrogen-bond donors (Lipinski definition) is 1. The fourth-order valence-electron chi connectivity index (χ4n) is 1.50. The van der Waals surface area contributed by atoms with Crippen LogP contribution in [0.25, 0.3) is 11.0 Å². The van der Waals surface area contributed by atoms with Crippen molar-refractivity contribution in [1.29, 1.82) is 0 Å². The normalized spacial score (nSPS) is 13.0. The molecule has 0 aliphatic heterocycles. The van der Waals surface area contributed by atoms with E-state index in [0.717, 1.165) is 28.7 Å². The molecule has 3 nitrogen and oxygen atoms in total. The molecule has 1 aromatic carbocycles. The lowest BCUT2D eigenvalue weighted by molar-refractivity contribution is 0.199. The number of aromatic nitrogens is 2. The molecule has 0 saturated heterocycles. The largest absolute Gasteiger partial charge is 0.389 e. The minimum Gasteiger partial charge on any atom is -0.389 e. The van der Waals surface area contributed by atoms with E-state index in [1.807, 2.05) is 25.1 Å². The van der Waals surface area contributed by atoms with Crippen LogP contribution in [0.4, 0.5) is 0 Å². The topological polar surface area (TPSA) is 46.0 Å². The first-order valence-electron chi connectivity index (χ1n) is 5.14. The van der Waals surface area contributed by atoms with Gasteiger partial charge < -0.3 is 5.11 Å². The molecule has 0 spiro atoms. The summed E-state index contributed by atoms with van der Waals surface area (Å²) in [6.45, 7) is 3.80. The Hall–Kier alpha value is -1.48. The van der Waals surface area contributed by atoms with Crippen molar-refractivity contribution in [1.82, 2.24) is 9.97 Å². The zero-order chi connectivity index (χ0) is 10.8. The number of aliphatic hydroxyl groups is 1. The van der Waals surface area contributed by atoms with E-state index in [-0.39, 0.29) is 0 Å². The van der Waals surface area contributed by atoms with Crippen molar-refractivity contribution in [2.24, 2.45) is 0 Å². The Balaban J connectivity index is 2.57. The van der Waals surface area contributed by atoms with Gasteiger partial charge in [-0.05, 0) is 31.0 Å². The molecule has 78 valence electrons. The standard InChI is InChI=1S/C12H14N2O/c1-3-10-7-13-11-5-4-9(8(2)15)6-12(11)14-10/h4-8,15H,3H2,1-2H3. The van der Waals surface area contributed by atoms with E-state index in [2.05, 4.69) is 9.97 Å². The zero-order valence-electron chi connectivity index (χ0n) is 8.94. The molecule has 0 amide bonds. The molecule has 0 fully saturated rings. The lowest BCUT2D eigenvalue weighted by Crippen LogP contribution is -1.94. The highest BCUT2D eigenvalue weighted by Crippen LogP contribution is 2.17. The molecule has 0 aliphatic rings. The maximum atomic E-state index is 9.46. The van der Waals surface area contributed by atoms with Gasteiger partial charge >= 0.3 is 0 Å². The Bertz CT molecular complexity index is 480. The van der Waals surface area contributed by atoms with Crippen molar-refractivity contribution < 1.29 is 5.11 Å². The number of aliphatic hydroxyl groups excluding tert-OH is 1. The van der Waals surface area contributed by atoms with Crippen LogP contribution < -0.4 is 0 Å². The Morgan fingerprint density at radius 2 is 2.13 bits per heavy atom. The molecular weight excluding hydrogens is 188 g/mol. The number of aryl methyl sites for hydroxylation is 1. The van der Waals surface area contributed by atoms with Crippen LogP contribution in [-0.4, -0.2) is 15.1 Å². The first-order chi connectivity index (χ1) is 7.20. The van der Waals surface area contributed by atoms with Gasteiger partial charge in [-0.15, -0.1) is 0 Å². The lowest BCUT2D eigenvalue weighted by Gasteiger charge is -2.05. The maximum absolute atomic E-state index is 9.46. The van der Waals surface area contributed by atoms with Gasteiger partial charge in [-0.3, -0.25) is 4.98 Å². The molecule has 3 heteroatoms. The SMILES string of the molecule is CCc1cnc2ccc(C(C)O)cc2n1. The number of hydrogen-bond acceptors (Lipinski definition) is 3. The van der Waals surface area contributed by atoms with Crippen molar-refractivity contribution in [2.75, 3.05) is 0 Å². The van der Waals surface area contributed by atoms with Gasteiger partial charge in [-0.25, -0.2) is 4.98 Å². The summed E-state index contributed by atoms with van der Waals surface area (Å²) < 4.78 is 0. The smallest absolute Gasteiger partial charge is 0.0893 e. The van der Waals surface area contributed by atoms with Crippen LogP contribution in [0.1, 0.15) is 31.2 Å². The molecule has 15 heavy (non-hydrogen) atoms. The monoisotopic (exact) mass is 202 g/mol. The Morgan fingerprint density at radius 1 is 1.33 bits per heavy atom. The van der Waals surface area contributed by atoms with E-state index in [9.17, 15) is 5.11 Å². The summed E-state index contributed by atoms with van der Waals surface area (Å²) in [6, 6.07) is 5.67. The van der Waals surface area contributed by atoms with E-state index < -0.39 is 6.10 Å². The van der Waals surface area contributed by atoms with Crippen molar-refractivity contribution in [2.45, 2.75) is 26.4 Å². The first-order valence-corrected chi connectivity index (χ1v) is 5.14. The molecular formula is C12H14N2O. The van der Waals surface area contributed by atoms with Crippen LogP contribution in [0.2, 0.25) is 0 Å². The van der Waals surface area contributed by atoms with Crippen molar-refractivity contribution in [3.63, 3.8) is 0 Å². The van der Waals surface area contributed by atoms with Crippen LogP contribution in [0.5, 0.6) is 0 Å². The number of benzene rings is 1. The molecule has 0 saturated carbocycles. The van der Waals surface area contributed by atoms with E-state index >= 15 is 0 Å². The number of nitrogens with zero attached hydrogens (tertiary/aromatic N) is 2. The van der Waals surface area contributed by atoms with Gasteiger partial charge in [0.15, 0.2) is 0 Å². The number of rotatable bonds is 2. The van der Waals surface area contributed by atoms with Gasteiger partial charge in [0.2, 0.25) is 0 Å². The van der Waals surface area contributed by atoms with E-state index in [0.29, 0.717) is 0 Å². The van der Waals surface area contributed by atoms with Gasteiger partial charge in [0, 0.05) is 6.20 Å². The predicted molar refractivity (Wildman–Crippen MR) is 59.5 cm³/mol. The molecule has 0 radical (unpaired) electrons. The third-order valence-electron chi connectivity index (χ3n) is 2.46. The quantitative estimate of drug-likeness (QED) is 0.812. The Labute approximate surface area is 88.8 Å². The van der Waals surface area contributed by atoms with Crippen LogP contribution >= 0.6 is 0 Å². The van der Waals surface area contributed by atoms with Crippen molar-refractivity contribution >= 4 is 11.0 Å². The van der Waals surface area contributed by atoms with Crippen LogP contribution in [-0.2, 0) is 6.42 Å². The summed E-state index contributed by atoms with van der Waals surface area (Å²) in [5, 5.41) is 9.46. The summed E-state index contributed by atoms with van der Waals surface area (Å²) in [6.07, 6.45) is 2.22. The van der Waals surface area contributed by atoms with E-state index in [1.54, 1.807) is 13.1 Å². The Morgan fingerprint density at radius 3 is 2.80 bits per heavy atom. The average molecular weight is 202 g/mol. The van der Waals surface area contributed by atoms with E-state index in [4.69, 9.17) is 0 Å². The molecule has 0 aliphatic carbocycles. The van der Waals surface area contributed by atoms with Crippen molar-refractivity contribution in [3.05, 3.63) is 35.7 Å². The fourth-order valence-corrected chi connectivity index (χ4v) is 1.50. The molecule has 1 N–H and O–H groups in total. The molecule has 2 rings (SSSR count). The predicted octanol–water partition coefficient (Wildman–Crippen LogP) is 2.25. The van der Waals surface area contributed by atoms with Crippen molar-refractivity contribution in [3.8, 4) is 0 Å². The average Bonchev–Trinajstić information content (AvgIpc) is 2.27. The highest BCUT2D eigenvalue weighted by Gasteiger charge is 2.03. The molecule has 1 unspecified atom stereocenters. The van der Waals surface area contributed by atoms with E-state index in [1.165, 1.54) is 0 Å². The van der Waals surface area contributed by atoms with Gasteiger partial charge in [0.05, 0.1) is 22.8 Å². The second kappa shape index (κ2) is 3.95. The van der Waals surface area contributed by atoms with Crippen LogP contribution in [0.15, 0.2) is 24.4 Å². The molecule has 2 aromatic rings. The highest BCUT2D eigenvalue weighted by atomic mass is 16.3. The fraction of sp³-hybridized carbons (Fsp3) is 0.333. The van der Waals surface area contributed by atoms with Crippen LogP contribution in [0, 0.1) is 0 Å². The zero-order valence-corrected chi connectivity index (χ0v) is 8.94. The summed E-state index contributed by atoms with van der Waals surface area (Å²) in [5.41, 5.74) is 3.58. The second-order valence-corrected chi connectivity index (χ2v) is 3.64. The minimum atomic E-state index is -0.457. The summed E-state index contributed by atoms with van der Waals surface area (Å²) >= 11 is 0. The molecule has 1 heterocycles. The number of fused-ring (bicyclic) bond motifs is 1. The highest BCUT2D eigenvalue weighted by molar-refractivity contribution is 5.74. The van der Waals surface area contributed by atoms with Gasteiger partial charge in [-0.2, -0.15) is 0 Å². The van der Waals surface area contributed by atoms with Gasteiger partial charge in [-0.1, -0.05) is 13.0 Å². The summed E-state index contributed by atoms with van der Waals surface area (Å²) in [7, 11) is 0. The third kappa shape index (κ3) is 1.97. The Kier molecular flexibility index (Phi) is 2.64. The minimum absolute atomic E-state index is 0.457. The lowest BCUT2D eigenvalue weighted by atomic mass is 10.1. The summed E-state index contributed by atoms with van der Waals surface area (Å²) in [5.74, 6) is 0. The van der Waals surface area contributed by atoms with Gasteiger partial charge in [0.1, 0.15) is 0 Å².